The maximum absolute atomic E-state index is 13.0. The summed E-state index contributed by atoms with van der Waals surface area (Å²) >= 11 is 5.90. The van der Waals surface area contributed by atoms with E-state index in [4.69, 9.17) is 11.6 Å². The molecule has 4 amide bonds. The first-order chi connectivity index (χ1) is 13.1. The fraction of sp³-hybridized carbons (Fsp3) is 0.0556. The molecule has 1 heterocycles. The van der Waals surface area contributed by atoms with Crippen LogP contribution >= 0.6 is 11.6 Å². The topological polar surface area (TPSA) is 86.7 Å². The van der Waals surface area contributed by atoms with Crippen molar-refractivity contribution in [3.63, 3.8) is 0 Å². The van der Waals surface area contributed by atoms with Gasteiger partial charge in [-0.3, -0.25) is 14.9 Å². The lowest BCUT2D eigenvalue weighted by Crippen LogP contribution is -2.54. The maximum Gasteiger partial charge on any atom is 0.416 e. The normalized spacial score (nSPS) is 16.5. The molecule has 10 heteroatoms. The Morgan fingerprint density at radius 2 is 1.68 bits per heavy atom. The number of anilines is 1. The summed E-state index contributed by atoms with van der Waals surface area (Å²) in [6, 6.07) is 6.36. The molecule has 0 bridgehead atoms. The van der Waals surface area contributed by atoms with E-state index in [1.807, 2.05) is 5.32 Å². The van der Waals surface area contributed by atoms with Gasteiger partial charge in [-0.15, -0.1) is 0 Å². The molecule has 2 aromatic carbocycles. The lowest BCUT2D eigenvalue weighted by Gasteiger charge is -2.27. The van der Waals surface area contributed by atoms with E-state index in [2.05, 4.69) is 0 Å². The number of nitrogens with zero attached hydrogens (tertiary/aromatic N) is 1. The van der Waals surface area contributed by atoms with Gasteiger partial charge in [0.2, 0.25) is 0 Å². The minimum Gasteiger partial charge on any atom is -0.508 e. The third kappa shape index (κ3) is 3.70. The molecule has 2 N–H and O–H groups in total. The Hall–Kier alpha value is -3.33. The predicted octanol–water partition coefficient (Wildman–Crippen LogP) is 3.73. The van der Waals surface area contributed by atoms with Gasteiger partial charge in [-0.05, 0) is 42.0 Å². The zero-order chi connectivity index (χ0) is 20.6. The molecular formula is C18H10ClF3N2O4. The van der Waals surface area contributed by atoms with Gasteiger partial charge in [0.25, 0.3) is 11.8 Å². The molecule has 0 saturated carbocycles. The Kier molecular flexibility index (Phi) is 4.86. The highest BCUT2D eigenvalue weighted by Gasteiger charge is 2.39. The molecular weight excluding hydrogens is 401 g/mol. The lowest BCUT2D eigenvalue weighted by molar-refractivity contribution is -0.137. The number of hydrogen-bond donors (Lipinski definition) is 2. The Labute approximate surface area is 160 Å². The Balaban J connectivity index is 2.07. The fourth-order valence-corrected chi connectivity index (χ4v) is 2.68. The molecule has 3 rings (SSSR count). The monoisotopic (exact) mass is 410 g/mol. The molecule has 0 aromatic heterocycles. The van der Waals surface area contributed by atoms with Gasteiger partial charge in [0.15, 0.2) is 0 Å². The van der Waals surface area contributed by atoms with Crippen molar-refractivity contribution in [2.24, 2.45) is 0 Å². The SMILES string of the molecule is O=C1NC(=O)N(c2cc(C(F)(F)F)ccc2Cl)C(=O)/C1=C/c1ccc(O)cc1. The zero-order valence-corrected chi connectivity index (χ0v) is 14.5. The third-order valence-corrected chi connectivity index (χ3v) is 4.14. The van der Waals surface area contributed by atoms with Crippen molar-refractivity contribution in [2.45, 2.75) is 6.18 Å². The van der Waals surface area contributed by atoms with Gasteiger partial charge in [0.1, 0.15) is 11.3 Å². The summed E-state index contributed by atoms with van der Waals surface area (Å²) in [6.07, 6.45) is -3.59. The second-order valence-corrected chi connectivity index (χ2v) is 6.12. The minimum absolute atomic E-state index is 0.0471. The number of alkyl halides is 3. The first-order valence-corrected chi connectivity index (χ1v) is 8.03. The van der Waals surface area contributed by atoms with Gasteiger partial charge in [0, 0.05) is 0 Å². The van der Waals surface area contributed by atoms with Gasteiger partial charge in [0.05, 0.1) is 16.3 Å². The van der Waals surface area contributed by atoms with E-state index in [1.54, 1.807) is 0 Å². The van der Waals surface area contributed by atoms with Crippen molar-refractivity contribution in [3.05, 3.63) is 64.2 Å². The van der Waals surface area contributed by atoms with Crippen LogP contribution in [0.1, 0.15) is 11.1 Å². The number of phenols is 1. The van der Waals surface area contributed by atoms with Gasteiger partial charge >= 0.3 is 12.2 Å². The maximum atomic E-state index is 13.0. The number of aromatic hydroxyl groups is 1. The largest absolute Gasteiger partial charge is 0.508 e. The van der Waals surface area contributed by atoms with Crippen LogP contribution in [0.3, 0.4) is 0 Å². The summed E-state index contributed by atoms with van der Waals surface area (Å²) in [5.74, 6) is -2.19. The van der Waals surface area contributed by atoms with Crippen molar-refractivity contribution in [2.75, 3.05) is 4.90 Å². The fourth-order valence-electron chi connectivity index (χ4n) is 2.47. The Morgan fingerprint density at radius 3 is 2.29 bits per heavy atom. The Bertz CT molecular complexity index is 1020. The molecule has 2 aromatic rings. The van der Waals surface area contributed by atoms with Crippen molar-refractivity contribution in [3.8, 4) is 5.75 Å². The van der Waals surface area contributed by atoms with Crippen molar-refractivity contribution in [1.82, 2.24) is 5.32 Å². The van der Waals surface area contributed by atoms with Crippen LogP contribution in [0.4, 0.5) is 23.7 Å². The molecule has 144 valence electrons. The molecule has 0 radical (unpaired) electrons. The van der Waals surface area contributed by atoms with E-state index in [1.165, 1.54) is 24.3 Å². The van der Waals surface area contributed by atoms with Crippen LogP contribution < -0.4 is 10.2 Å². The van der Waals surface area contributed by atoms with Crippen molar-refractivity contribution < 1.29 is 32.7 Å². The van der Waals surface area contributed by atoms with Gasteiger partial charge in [-0.1, -0.05) is 23.7 Å². The first kappa shape index (κ1) is 19.4. The smallest absolute Gasteiger partial charge is 0.416 e. The molecule has 1 aliphatic heterocycles. The number of amides is 4. The van der Waals surface area contributed by atoms with Crippen LogP contribution in [0.2, 0.25) is 5.02 Å². The van der Waals surface area contributed by atoms with Crippen LogP contribution in [-0.4, -0.2) is 23.0 Å². The predicted molar refractivity (Wildman–Crippen MR) is 93.6 cm³/mol. The zero-order valence-electron chi connectivity index (χ0n) is 13.7. The first-order valence-electron chi connectivity index (χ1n) is 7.65. The number of halogens is 4. The van der Waals surface area contributed by atoms with Crippen LogP contribution in [0.25, 0.3) is 6.08 Å². The number of imide groups is 2. The van der Waals surface area contributed by atoms with Crippen LogP contribution in [0, 0.1) is 0 Å². The van der Waals surface area contributed by atoms with Gasteiger partial charge < -0.3 is 5.11 Å². The van der Waals surface area contributed by atoms with E-state index in [-0.39, 0.29) is 10.8 Å². The molecule has 0 unspecified atom stereocenters. The van der Waals surface area contributed by atoms with Gasteiger partial charge in [-0.25, -0.2) is 9.69 Å². The number of nitrogens with one attached hydrogen (secondary N) is 1. The average molecular weight is 411 g/mol. The number of hydrogen-bond acceptors (Lipinski definition) is 4. The number of benzene rings is 2. The molecule has 0 aliphatic carbocycles. The molecule has 6 nitrogen and oxygen atoms in total. The minimum atomic E-state index is -4.73. The summed E-state index contributed by atoms with van der Waals surface area (Å²) in [6.45, 7) is 0. The number of carbonyl (C=O) groups is 3. The number of urea groups is 1. The highest BCUT2D eigenvalue weighted by atomic mass is 35.5. The molecule has 28 heavy (non-hydrogen) atoms. The number of phenolic OH excluding ortho intramolecular Hbond substituents is 1. The third-order valence-electron chi connectivity index (χ3n) is 3.82. The van der Waals surface area contributed by atoms with E-state index in [0.717, 1.165) is 12.1 Å². The van der Waals surface area contributed by atoms with Gasteiger partial charge in [-0.2, -0.15) is 13.2 Å². The van der Waals surface area contributed by atoms with Crippen LogP contribution in [0.15, 0.2) is 48.0 Å². The molecule has 1 saturated heterocycles. The number of carbonyl (C=O) groups excluding carboxylic acids is 3. The summed E-state index contributed by atoms with van der Waals surface area (Å²) < 4.78 is 39.0. The van der Waals surface area contributed by atoms with Crippen molar-refractivity contribution in [1.29, 1.82) is 0 Å². The second kappa shape index (κ2) is 7.01. The van der Waals surface area contributed by atoms with Crippen LogP contribution in [-0.2, 0) is 15.8 Å². The Morgan fingerprint density at radius 1 is 1.04 bits per heavy atom. The summed E-state index contributed by atoms with van der Waals surface area (Å²) in [5, 5.41) is 10.9. The van der Waals surface area contributed by atoms with Crippen LogP contribution in [0.5, 0.6) is 5.75 Å². The second-order valence-electron chi connectivity index (χ2n) is 5.71. The standard InChI is InChI=1S/C18H10ClF3N2O4/c19-13-6-3-10(18(20,21)22)8-14(13)24-16(27)12(15(26)23-17(24)28)7-9-1-4-11(25)5-2-9/h1-8,25H,(H,23,26,28)/b12-7+. The highest BCUT2D eigenvalue weighted by molar-refractivity contribution is 6.42. The quantitative estimate of drug-likeness (QED) is 0.583. The summed E-state index contributed by atoms with van der Waals surface area (Å²) in [5.41, 5.74) is -1.77. The summed E-state index contributed by atoms with van der Waals surface area (Å²) in [7, 11) is 0. The summed E-state index contributed by atoms with van der Waals surface area (Å²) in [4.78, 5) is 37.3. The van der Waals surface area contributed by atoms with E-state index in [9.17, 15) is 32.7 Å². The number of barbiturate groups is 1. The molecule has 0 atom stereocenters. The molecule has 1 aliphatic rings. The van der Waals surface area contributed by atoms with Crippen molar-refractivity contribution >= 4 is 41.2 Å². The molecule has 0 spiro atoms. The van der Waals surface area contributed by atoms with E-state index in [0.29, 0.717) is 22.6 Å². The highest BCUT2D eigenvalue weighted by Crippen LogP contribution is 2.36. The lowest BCUT2D eigenvalue weighted by atomic mass is 10.1. The number of rotatable bonds is 2. The van der Waals surface area contributed by atoms with E-state index < -0.39 is 40.8 Å². The average Bonchev–Trinajstić information content (AvgIpc) is 2.60. The van der Waals surface area contributed by atoms with E-state index >= 15 is 0 Å². The molecule has 1 fully saturated rings.